The molecule has 5 heteroatoms. The van der Waals surface area contributed by atoms with Crippen molar-refractivity contribution in [2.75, 3.05) is 17.2 Å². The number of halogens is 2. The van der Waals surface area contributed by atoms with E-state index in [4.69, 9.17) is 23.2 Å². The predicted octanol–water partition coefficient (Wildman–Crippen LogP) is 5.20. The molecule has 1 aromatic rings. The monoisotopic (exact) mass is 303 g/mol. The summed E-state index contributed by atoms with van der Waals surface area (Å²) in [6.07, 6.45) is 3.07. The third-order valence-corrected chi connectivity index (χ3v) is 4.26. The Morgan fingerprint density at radius 2 is 1.53 bits per heavy atom. The molecule has 0 bridgehead atoms. The molecular formula is C14H23Cl2N3. The van der Waals surface area contributed by atoms with Gasteiger partial charge in [-0.25, -0.2) is 4.98 Å². The van der Waals surface area contributed by atoms with Crippen LogP contribution in [0.2, 0.25) is 10.0 Å². The quantitative estimate of drug-likeness (QED) is 0.727. The van der Waals surface area contributed by atoms with Gasteiger partial charge < -0.3 is 10.6 Å². The van der Waals surface area contributed by atoms with Crippen molar-refractivity contribution in [2.24, 2.45) is 0 Å². The fraction of sp³-hybridized carbons (Fsp3) is 0.643. The van der Waals surface area contributed by atoms with Crippen LogP contribution in [0, 0.1) is 0 Å². The van der Waals surface area contributed by atoms with Crippen LogP contribution in [0.25, 0.3) is 0 Å². The van der Waals surface area contributed by atoms with Crippen LogP contribution >= 0.6 is 23.2 Å². The van der Waals surface area contributed by atoms with E-state index in [1.54, 1.807) is 6.07 Å². The maximum atomic E-state index is 6.24. The zero-order chi connectivity index (χ0) is 14.5. The number of rotatable bonds is 7. The van der Waals surface area contributed by atoms with Crippen molar-refractivity contribution in [1.29, 1.82) is 0 Å². The number of hydrogen-bond donors (Lipinski definition) is 2. The van der Waals surface area contributed by atoms with Gasteiger partial charge in [-0.15, -0.1) is 0 Å². The van der Waals surface area contributed by atoms with E-state index in [1.165, 1.54) is 0 Å². The van der Waals surface area contributed by atoms with Crippen molar-refractivity contribution in [3.63, 3.8) is 0 Å². The van der Waals surface area contributed by atoms with Gasteiger partial charge in [-0.2, -0.15) is 0 Å². The van der Waals surface area contributed by atoms with Gasteiger partial charge in [0.15, 0.2) is 0 Å². The van der Waals surface area contributed by atoms with Gasteiger partial charge in [0.1, 0.15) is 11.6 Å². The van der Waals surface area contributed by atoms with Crippen LogP contribution in [-0.4, -0.2) is 17.1 Å². The van der Waals surface area contributed by atoms with Crippen molar-refractivity contribution in [2.45, 2.75) is 52.5 Å². The fourth-order valence-corrected chi connectivity index (χ4v) is 2.58. The Hall–Kier alpha value is -0.670. The van der Waals surface area contributed by atoms with Gasteiger partial charge in [0.2, 0.25) is 0 Å². The number of nitrogens with one attached hydrogen (secondary N) is 2. The molecule has 0 aliphatic carbocycles. The van der Waals surface area contributed by atoms with E-state index < -0.39 is 0 Å². The van der Waals surface area contributed by atoms with E-state index in [0.717, 1.165) is 25.8 Å². The Morgan fingerprint density at radius 3 is 2.00 bits per heavy atom. The van der Waals surface area contributed by atoms with Crippen LogP contribution in [0.4, 0.5) is 11.6 Å². The smallest absolute Gasteiger partial charge is 0.147 e. The molecule has 1 rings (SSSR count). The van der Waals surface area contributed by atoms with E-state index in [2.05, 4.69) is 36.4 Å². The molecule has 19 heavy (non-hydrogen) atoms. The van der Waals surface area contributed by atoms with Crippen molar-refractivity contribution in [1.82, 2.24) is 4.98 Å². The third-order valence-electron chi connectivity index (χ3n) is 3.69. The lowest BCUT2D eigenvalue weighted by Gasteiger charge is -2.33. The van der Waals surface area contributed by atoms with E-state index in [0.29, 0.717) is 21.7 Å². The summed E-state index contributed by atoms with van der Waals surface area (Å²) in [6, 6.07) is 1.74. The molecule has 0 spiro atoms. The first-order chi connectivity index (χ1) is 9.01. The minimum absolute atomic E-state index is 0.0357. The Bertz CT molecular complexity index is 409. The van der Waals surface area contributed by atoms with Crippen LogP contribution in [0.5, 0.6) is 0 Å². The fourth-order valence-electron chi connectivity index (χ4n) is 2.11. The molecule has 0 unspecified atom stereocenters. The van der Waals surface area contributed by atoms with E-state index in [-0.39, 0.29) is 5.54 Å². The van der Waals surface area contributed by atoms with Crippen LogP contribution < -0.4 is 10.6 Å². The van der Waals surface area contributed by atoms with Gasteiger partial charge in [-0.1, -0.05) is 44.0 Å². The van der Waals surface area contributed by atoms with E-state index in [9.17, 15) is 0 Å². The van der Waals surface area contributed by atoms with Gasteiger partial charge >= 0.3 is 0 Å². The zero-order valence-electron chi connectivity index (χ0n) is 12.1. The van der Waals surface area contributed by atoms with Gasteiger partial charge in [0.05, 0.1) is 10.0 Å². The summed E-state index contributed by atoms with van der Waals surface area (Å²) in [5, 5.41) is 7.75. The molecule has 0 aliphatic rings. The first-order valence-corrected chi connectivity index (χ1v) is 7.65. The summed E-state index contributed by atoms with van der Waals surface area (Å²) < 4.78 is 0. The summed E-state index contributed by atoms with van der Waals surface area (Å²) in [5.41, 5.74) is 0.0357. The Kier molecular flexibility index (Phi) is 6.21. The number of anilines is 2. The average Bonchev–Trinajstić information content (AvgIpc) is 2.41. The molecular weight excluding hydrogens is 281 g/mol. The molecule has 0 saturated heterocycles. The van der Waals surface area contributed by atoms with Crippen molar-refractivity contribution in [3.05, 3.63) is 16.1 Å². The molecule has 2 N–H and O–H groups in total. The first-order valence-electron chi connectivity index (χ1n) is 6.90. The average molecular weight is 304 g/mol. The number of nitrogens with zero attached hydrogens (tertiary/aromatic N) is 1. The second-order valence-electron chi connectivity index (χ2n) is 4.65. The molecule has 0 amide bonds. The molecule has 0 fully saturated rings. The molecule has 108 valence electrons. The topological polar surface area (TPSA) is 37.0 Å². The summed E-state index contributed by atoms with van der Waals surface area (Å²) in [4.78, 5) is 4.50. The first kappa shape index (κ1) is 16.4. The highest BCUT2D eigenvalue weighted by Gasteiger charge is 2.25. The lowest BCUT2D eigenvalue weighted by Crippen LogP contribution is -2.36. The van der Waals surface area contributed by atoms with Crippen molar-refractivity contribution in [3.8, 4) is 0 Å². The maximum Gasteiger partial charge on any atom is 0.147 e. The van der Waals surface area contributed by atoms with Crippen LogP contribution in [0.15, 0.2) is 6.07 Å². The van der Waals surface area contributed by atoms with Crippen molar-refractivity contribution < 1.29 is 0 Å². The highest BCUT2D eigenvalue weighted by molar-refractivity contribution is 6.37. The van der Waals surface area contributed by atoms with Gasteiger partial charge in [-0.05, 0) is 32.3 Å². The van der Waals surface area contributed by atoms with Crippen LogP contribution in [0.3, 0.4) is 0 Å². The van der Waals surface area contributed by atoms with Crippen LogP contribution in [-0.2, 0) is 0 Å². The number of pyridine rings is 1. The third kappa shape index (κ3) is 3.90. The lowest BCUT2D eigenvalue weighted by atomic mass is 9.90. The normalized spacial score (nSPS) is 11.5. The van der Waals surface area contributed by atoms with E-state index in [1.807, 2.05) is 6.92 Å². The van der Waals surface area contributed by atoms with Crippen molar-refractivity contribution >= 4 is 34.8 Å². The Labute approximate surface area is 126 Å². The minimum atomic E-state index is 0.0357. The highest BCUT2D eigenvalue weighted by Crippen LogP contribution is 2.33. The molecule has 0 saturated carbocycles. The Morgan fingerprint density at radius 1 is 1.00 bits per heavy atom. The molecule has 1 aromatic heterocycles. The molecule has 0 radical (unpaired) electrons. The minimum Gasteiger partial charge on any atom is -0.369 e. The Balaban J connectivity index is 3.09. The lowest BCUT2D eigenvalue weighted by molar-refractivity contribution is 0.419. The molecule has 0 atom stereocenters. The summed E-state index contributed by atoms with van der Waals surface area (Å²) >= 11 is 12.4. The maximum absolute atomic E-state index is 6.24. The number of aromatic nitrogens is 1. The molecule has 0 aromatic carbocycles. The molecule has 3 nitrogen and oxygen atoms in total. The molecule has 0 aliphatic heterocycles. The highest BCUT2D eigenvalue weighted by atomic mass is 35.5. The standard InChI is InChI=1S/C14H23Cl2N3/c1-5-14(6-2,7-3)19-13-11(16)9-10(15)12(18-13)17-8-4/h9H,5-8H2,1-4H3,(H2,17,18,19). The summed E-state index contributed by atoms with van der Waals surface area (Å²) in [7, 11) is 0. The second-order valence-corrected chi connectivity index (χ2v) is 5.46. The number of hydrogen-bond acceptors (Lipinski definition) is 3. The van der Waals surface area contributed by atoms with Gasteiger partial charge in [0.25, 0.3) is 0 Å². The predicted molar refractivity (Wildman–Crippen MR) is 85.6 cm³/mol. The molecule has 1 heterocycles. The SMILES string of the molecule is CCNc1nc(NC(CC)(CC)CC)c(Cl)cc1Cl. The van der Waals surface area contributed by atoms with Gasteiger partial charge in [-0.3, -0.25) is 0 Å². The zero-order valence-corrected chi connectivity index (χ0v) is 13.6. The van der Waals surface area contributed by atoms with Crippen LogP contribution in [0.1, 0.15) is 47.0 Å². The largest absolute Gasteiger partial charge is 0.369 e. The second kappa shape index (κ2) is 7.20. The van der Waals surface area contributed by atoms with E-state index >= 15 is 0 Å². The van der Waals surface area contributed by atoms with Gasteiger partial charge in [0, 0.05) is 12.1 Å². The summed E-state index contributed by atoms with van der Waals surface area (Å²) in [6.45, 7) is 9.31. The summed E-state index contributed by atoms with van der Waals surface area (Å²) in [5.74, 6) is 1.38.